The highest BCUT2D eigenvalue weighted by Gasteiger charge is 2.55. The van der Waals surface area contributed by atoms with Gasteiger partial charge >= 0.3 is 0 Å². The average molecular weight is 340 g/mol. The van der Waals surface area contributed by atoms with E-state index >= 15 is 0 Å². The standard InChI is InChI=1S/C15H20N2O3S2/c18-22(19,14-4-5-14)17-10-15(11-17)7-13(9-21-15)20-8-12-3-1-2-6-16-12/h1-3,6,13-14H,4-5,7-11H2. The van der Waals surface area contributed by atoms with Gasteiger partial charge in [0.15, 0.2) is 0 Å². The van der Waals surface area contributed by atoms with E-state index in [0.29, 0.717) is 19.7 Å². The number of nitrogens with zero attached hydrogens (tertiary/aromatic N) is 2. The van der Waals surface area contributed by atoms with Gasteiger partial charge in [-0.05, 0) is 31.4 Å². The number of ether oxygens (including phenoxy) is 1. The van der Waals surface area contributed by atoms with Crippen LogP contribution >= 0.6 is 11.8 Å². The van der Waals surface area contributed by atoms with Gasteiger partial charge in [0.25, 0.3) is 0 Å². The zero-order chi connectivity index (χ0) is 15.2. The van der Waals surface area contributed by atoms with Crippen molar-refractivity contribution in [1.82, 2.24) is 9.29 Å². The molecule has 3 heterocycles. The van der Waals surface area contributed by atoms with Crippen molar-refractivity contribution in [2.45, 2.75) is 42.0 Å². The second kappa shape index (κ2) is 5.47. The van der Waals surface area contributed by atoms with Gasteiger partial charge < -0.3 is 4.74 Å². The Morgan fingerprint density at radius 3 is 2.86 bits per heavy atom. The van der Waals surface area contributed by atoms with Crippen LogP contribution in [-0.2, 0) is 21.4 Å². The van der Waals surface area contributed by atoms with Gasteiger partial charge in [-0.25, -0.2) is 8.42 Å². The fourth-order valence-corrected chi connectivity index (χ4v) is 6.89. The van der Waals surface area contributed by atoms with Crippen LogP contribution in [0.2, 0.25) is 0 Å². The molecule has 7 heteroatoms. The van der Waals surface area contributed by atoms with E-state index in [0.717, 1.165) is 30.7 Å². The van der Waals surface area contributed by atoms with Crippen molar-refractivity contribution >= 4 is 21.8 Å². The largest absolute Gasteiger partial charge is 0.371 e. The van der Waals surface area contributed by atoms with Crippen molar-refractivity contribution in [3.05, 3.63) is 30.1 Å². The smallest absolute Gasteiger partial charge is 0.217 e. The summed E-state index contributed by atoms with van der Waals surface area (Å²) >= 11 is 1.88. The number of rotatable bonds is 5. The summed E-state index contributed by atoms with van der Waals surface area (Å²) in [7, 11) is -3.00. The van der Waals surface area contributed by atoms with E-state index in [4.69, 9.17) is 4.74 Å². The predicted molar refractivity (Wildman–Crippen MR) is 86.1 cm³/mol. The highest BCUT2D eigenvalue weighted by Crippen LogP contribution is 2.48. The monoisotopic (exact) mass is 340 g/mol. The highest BCUT2D eigenvalue weighted by atomic mass is 32.2. The Labute approximate surface area is 135 Å². The second-order valence-corrected chi connectivity index (χ2v) is 10.2. The van der Waals surface area contributed by atoms with Crippen LogP contribution in [0.5, 0.6) is 0 Å². The summed E-state index contributed by atoms with van der Waals surface area (Å²) < 4.78 is 32.1. The summed E-state index contributed by atoms with van der Waals surface area (Å²) in [6, 6.07) is 5.82. The molecule has 1 aromatic heterocycles. The molecule has 0 amide bonds. The summed E-state index contributed by atoms with van der Waals surface area (Å²) in [5.41, 5.74) is 0.944. The quantitative estimate of drug-likeness (QED) is 0.816. The maximum absolute atomic E-state index is 12.2. The summed E-state index contributed by atoms with van der Waals surface area (Å²) in [6.45, 7) is 1.87. The third-order valence-corrected chi connectivity index (χ3v) is 8.47. The molecule has 2 saturated heterocycles. The zero-order valence-electron chi connectivity index (χ0n) is 12.3. The molecule has 0 N–H and O–H groups in total. The first-order valence-electron chi connectivity index (χ1n) is 7.72. The minimum absolute atomic E-state index is 0.0903. The third-order valence-electron chi connectivity index (χ3n) is 4.60. The highest BCUT2D eigenvalue weighted by molar-refractivity contribution is 8.01. The summed E-state index contributed by atoms with van der Waals surface area (Å²) in [5.74, 6) is 0.949. The lowest BCUT2D eigenvalue weighted by atomic mass is 9.95. The van der Waals surface area contributed by atoms with E-state index in [9.17, 15) is 8.42 Å². The van der Waals surface area contributed by atoms with Crippen LogP contribution in [0.1, 0.15) is 25.0 Å². The van der Waals surface area contributed by atoms with Crippen LogP contribution < -0.4 is 0 Å². The van der Waals surface area contributed by atoms with E-state index in [1.165, 1.54) is 0 Å². The molecule has 1 atom stereocenters. The van der Waals surface area contributed by atoms with E-state index in [-0.39, 0.29) is 16.1 Å². The molecule has 3 fully saturated rings. The van der Waals surface area contributed by atoms with Crippen molar-refractivity contribution in [3.8, 4) is 0 Å². The molecule has 120 valence electrons. The number of thioether (sulfide) groups is 1. The minimum atomic E-state index is -3.00. The summed E-state index contributed by atoms with van der Waals surface area (Å²) in [5, 5.41) is -0.0903. The van der Waals surface area contributed by atoms with E-state index in [1.807, 2.05) is 30.0 Å². The molecular weight excluding hydrogens is 320 g/mol. The zero-order valence-corrected chi connectivity index (χ0v) is 14.0. The van der Waals surface area contributed by atoms with Gasteiger partial charge in [0.1, 0.15) is 0 Å². The van der Waals surface area contributed by atoms with E-state index < -0.39 is 10.0 Å². The third kappa shape index (κ3) is 2.79. The van der Waals surface area contributed by atoms with Gasteiger partial charge in [-0.15, -0.1) is 11.8 Å². The van der Waals surface area contributed by atoms with Gasteiger partial charge in [0.2, 0.25) is 10.0 Å². The molecule has 0 aromatic carbocycles. The Hall–Kier alpha value is -0.630. The molecule has 3 aliphatic rings. The van der Waals surface area contributed by atoms with Gasteiger partial charge in [0.05, 0.1) is 23.7 Å². The molecule has 4 rings (SSSR count). The minimum Gasteiger partial charge on any atom is -0.371 e. The summed E-state index contributed by atoms with van der Waals surface area (Å²) in [6.07, 6.45) is 4.61. The van der Waals surface area contributed by atoms with Gasteiger partial charge in [-0.1, -0.05) is 6.07 Å². The van der Waals surface area contributed by atoms with Crippen molar-refractivity contribution in [2.75, 3.05) is 18.8 Å². The Balaban J connectivity index is 1.29. The molecule has 1 spiro atoms. The van der Waals surface area contributed by atoms with Crippen LogP contribution in [0.15, 0.2) is 24.4 Å². The van der Waals surface area contributed by atoms with Crippen LogP contribution in [-0.4, -0.2) is 52.7 Å². The second-order valence-electron chi connectivity index (χ2n) is 6.46. The van der Waals surface area contributed by atoms with Crippen LogP contribution in [0.3, 0.4) is 0 Å². The molecule has 5 nitrogen and oxygen atoms in total. The molecule has 1 unspecified atom stereocenters. The topological polar surface area (TPSA) is 59.5 Å². The lowest BCUT2D eigenvalue weighted by Gasteiger charge is -2.46. The van der Waals surface area contributed by atoms with E-state index in [1.54, 1.807) is 10.5 Å². The number of aromatic nitrogens is 1. The Morgan fingerprint density at radius 1 is 1.36 bits per heavy atom. The molecule has 1 aromatic rings. The maximum atomic E-state index is 12.2. The fraction of sp³-hybridized carbons (Fsp3) is 0.667. The van der Waals surface area contributed by atoms with Gasteiger partial charge in [-0.2, -0.15) is 4.31 Å². The number of pyridine rings is 1. The van der Waals surface area contributed by atoms with Crippen LogP contribution in [0.25, 0.3) is 0 Å². The molecule has 1 saturated carbocycles. The SMILES string of the molecule is O=S(=O)(C1CC1)N1CC2(CC(OCc3ccccn3)CS2)C1. The van der Waals surface area contributed by atoms with Gasteiger partial charge in [-0.3, -0.25) is 4.98 Å². The predicted octanol–water partition coefficient (Wildman–Crippen LogP) is 1.65. The molecule has 0 radical (unpaired) electrons. The number of hydrogen-bond donors (Lipinski definition) is 0. The number of hydrogen-bond acceptors (Lipinski definition) is 5. The van der Waals surface area contributed by atoms with Crippen molar-refractivity contribution in [1.29, 1.82) is 0 Å². The molecule has 1 aliphatic carbocycles. The molecular formula is C15H20N2O3S2. The molecule has 0 bridgehead atoms. The maximum Gasteiger partial charge on any atom is 0.217 e. The fourth-order valence-electron chi connectivity index (χ4n) is 3.17. The lowest BCUT2D eigenvalue weighted by molar-refractivity contribution is 0.0380. The first-order chi connectivity index (χ1) is 10.6. The van der Waals surface area contributed by atoms with Crippen molar-refractivity contribution < 1.29 is 13.2 Å². The van der Waals surface area contributed by atoms with Gasteiger partial charge in [0, 0.05) is 29.8 Å². The molecule has 2 aliphatic heterocycles. The Kier molecular flexibility index (Phi) is 3.71. The average Bonchev–Trinajstić information content (AvgIpc) is 3.25. The van der Waals surface area contributed by atoms with E-state index in [2.05, 4.69) is 4.98 Å². The van der Waals surface area contributed by atoms with Crippen molar-refractivity contribution in [2.24, 2.45) is 0 Å². The summed E-state index contributed by atoms with van der Waals surface area (Å²) in [4.78, 5) is 4.26. The first kappa shape index (κ1) is 14.9. The Morgan fingerprint density at radius 2 is 2.18 bits per heavy atom. The van der Waals surface area contributed by atoms with Crippen LogP contribution in [0, 0.1) is 0 Å². The normalized spacial score (nSPS) is 27.9. The number of sulfonamides is 1. The molecule has 22 heavy (non-hydrogen) atoms. The first-order valence-corrected chi connectivity index (χ1v) is 10.2. The Bertz CT molecular complexity index is 640. The lowest BCUT2D eigenvalue weighted by Crippen LogP contribution is -2.61. The van der Waals surface area contributed by atoms with Crippen molar-refractivity contribution in [3.63, 3.8) is 0 Å². The van der Waals surface area contributed by atoms with Crippen LogP contribution in [0.4, 0.5) is 0 Å².